The van der Waals surface area contributed by atoms with Gasteiger partial charge in [-0.2, -0.15) is 0 Å². The molecule has 3 rings (SSSR count). The van der Waals surface area contributed by atoms with E-state index in [1.807, 2.05) is 25.1 Å². The molecule has 0 aliphatic carbocycles. The molecule has 2 atom stereocenters. The molecule has 0 radical (unpaired) electrons. The van der Waals surface area contributed by atoms with Crippen LogP contribution in [0.15, 0.2) is 22.6 Å². The second kappa shape index (κ2) is 4.61. The van der Waals surface area contributed by atoms with Crippen molar-refractivity contribution in [2.24, 2.45) is 5.92 Å². The summed E-state index contributed by atoms with van der Waals surface area (Å²) in [5, 5.41) is 3.52. The lowest BCUT2D eigenvalue weighted by Crippen LogP contribution is -2.26. The largest absolute Gasteiger partial charge is 0.441 e. The number of fused-ring (bicyclic) bond motifs is 1. The number of nitrogens with zero attached hydrogens (tertiary/aromatic N) is 1. The number of hydrogen-bond donors (Lipinski definition) is 1. The van der Waals surface area contributed by atoms with Gasteiger partial charge in [0, 0.05) is 31.2 Å². The minimum Gasteiger partial charge on any atom is -0.441 e. The van der Waals surface area contributed by atoms with Crippen LogP contribution in [0.5, 0.6) is 0 Å². The van der Waals surface area contributed by atoms with Crippen LogP contribution >= 0.6 is 0 Å². The molecular weight excluding hydrogens is 228 g/mol. The minimum atomic E-state index is 0.415. The predicted molar refractivity (Wildman–Crippen MR) is 70.8 cm³/mol. The Morgan fingerprint density at radius 2 is 2.33 bits per heavy atom. The van der Waals surface area contributed by atoms with E-state index in [-0.39, 0.29) is 0 Å². The van der Waals surface area contributed by atoms with Crippen LogP contribution in [0, 0.1) is 12.8 Å². The number of rotatable bonds is 3. The highest BCUT2D eigenvalue weighted by Crippen LogP contribution is 2.23. The van der Waals surface area contributed by atoms with Crippen molar-refractivity contribution in [2.75, 3.05) is 18.5 Å². The fraction of sp³-hybridized carbons (Fsp3) is 0.500. The average Bonchev–Trinajstić information content (AvgIpc) is 2.95. The lowest BCUT2D eigenvalue weighted by Gasteiger charge is -2.20. The van der Waals surface area contributed by atoms with E-state index in [9.17, 15) is 0 Å². The number of aromatic nitrogens is 1. The van der Waals surface area contributed by atoms with E-state index in [1.165, 1.54) is 0 Å². The Morgan fingerprint density at radius 1 is 1.44 bits per heavy atom. The van der Waals surface area contributed by atoms with E-state index >= 15 is 0 Å². The monoisotopic (exact) mass is 246 g/mol. The molecule has 1 saturated heterocycles. The van der Waals surface area contributed by atoms with Crippen molar-refractivity contribution in [2.45, 2.75) is 26.3 Å². The molecule has 0 spiro atoms. The maximum Gasteiger partial charge on any atom is 0.192 e. The van der Waals surface area contributed by atoms with E-state index in [1.54, 1.807) is 0 Å². The number of ether oxygens (including phenoxy) is 1. The molecule has 0 bridgehead atoms. The normalized spacial score (nSPS) is 21.3. The maximum absolute atomic E-state index is 5.47. The molecule has 2 heterocycles. The first-order valence-electron chi connectivity index (χ1n) is 6.44. The lowest BCUT2D eigenvalue weighted by molar-refractivity contribution is 0.183. The van der Waals surface area contributed by atoms with Gasteiger partial charge < -0.3 is 14.5 Å². The van der Waals surface area contributed by atoms with Crippen molar-refractivity contribution in [3.05, 3.63) is 24.1 Å². The molecule has 0 saturated carbocycles. The Kier molecular flexibility index (Phi) is 2.96. The second-order valence-electron chi connectivity index (χ2n) is 4.97. The molecule has 1 aromatic carbocycles. The lowest BCUT2D eigenvalue weighted by atomic mass is 10.0. The Hall–Kier alpha value is -1.55. The Morgan fingerprint density at radius 3 is 3.11 bits per heavy atom. The SMILES string of the molecule is Cc1nc2cc(NC(C)C3CCOC3)ccc2o1. The van der Waals surface area contributed by atoms with Gasteiger partial charge in [-0.15, -0.1) is 0 Å². The van der Waals surface area contributed by atoms with Crippen molar-refractivity contribution in [1.29, 1.82) is 0 Å². The average molecular weight is 246 g/mol. The van der Waals surface area contributed by atoms with Gasteiger partial charge in [0.15, 0.2) is 11.5 Å². The fourth-order valence-electron chi connectivity index (χ4n) is 2.46. The number of oxazole rings is 1. The van der Waals surface area contributed by atoms with E-state index in [0.29, 0.717) is 17.9 Å². The first-order chi connectivity index (χ1) is 8.72. The van der Waals surface area contributed by atoms with Gasteiger partial charge in [0.2, 0.25) is 0 Å². The highest BCUT2D eigenvalue weighted by Gasteiger charge is 2.22. The summed E-state index contributed by atoms with van der Waals surface area (Å²) in [6.07, 6.45) is 1.14. The first-order valence-corrected chi connectivity index (χ1v) is 6.44. The summed E-state index contributed by atoms with van der Waals surface area (Å²) >= 11 is 0. The van der Waals surface area contributed by atoms with Crippen molar-refractivity contribution in [3.8, 4) is 0 Å². The topological polar surface area (TPSA) is 47.3 Å². The summed E-state index contributed by atoms with van der Waals surface area (Å²) in [5.41, 5.74) is 2.84. The number of benzene rings is 1. The van der Waals surface area contributed by atoms with Gasteiger partial charge in [-0.1, -0.05) is 0 Å². The molecule has 4 heteroatoms. The summed E-state index contributed by atoms with van der Waals surface area (Å²) in [4.78, 5) is 4.35. The van der Waals surface area contributed by atoms with Gasteiger partial charge in [-0.25, -0.2) is 4.98 Å². The van der Waals surface area contributed by atoms with Crippen LogP contribution in [0.2, 0.25) is 0 Å². The molecule has 1 fully saturated rings. The van der Waals surface area contributed by atoms with Crippen LogP contribution in [0.1, 0.15) is 19.2 Å². The molecule has 2 unspecified atom stereocenters. The molecule has 18 heavy (non-hydrogen) atoms. The number of hydrogen-bond acceptors (Lipinski definition) is 4. The summed E-state index contributed by atoms with van der Waals surface area (Å²) in [5.74, 6) is 1.30. The Labute approximate surface area is 106 Å². The van der Waals surface area contributed by atoms with Crippen LogP contribution in [0.4, 0.5) is 5.69 Å². The van der Waals surface area contributed by atoms with Gasteiger partial charge in [-0.05, 0) is 31.5 Å². The molecule has 1 aliphatic rings. The van der Waals surface area contributed by atoms with Crippen LogP contribution in [0.25, 0.3) is 11.1 Å². The van der Waals surface area contributed by atoms with Gasteiger partial charge in [-0.3, -0.25) is 0 Å². The van der Waals surface area contributed by atoms with E-state index in [2.05, 4.69) is 17.2 Å². The summed E-state index contributed by atoms with van der Waals surface area (Å²) in [6, 6.07) is 6.46. The quantitative estimate of drug-likeness (QED) is 0.904. The summed E-state index contributed by atoms with van der Waals surface area (Å²) in [7, 11) is 0. The van der Waals surface area contributed by atoms with Crippen LogP contribution in [-0.2, 0) is 4.74 Å². The van der Waals surface area contributed by atoms with Crippen LogP contribution in [0.3, 0.4) is 0 Å². The smallest absolute Gasteiger partial charge is 0.192 e. The minimum absolute atomic E-state index is 0.415. The highest BCUT2D eigenvalue weighted by atomic mass is 16.5. The molecular formula is C14H18N2O2. The molecule has 96 valence electrons. The molecule has 1 aromatic heterocycles. The molecule has 1 aliphatic heterocycles. The molecule has 2 aromatic rings. The number of anilines is 1. The zero-order valence-electron chi connectivity index (χ0n) is 10.8. The van der Waals surface area contributed by atoms with E-state index in [0.717, 1.165) is 36.4 Å². The highest BCUT2D eigenvalue weighted by molar-refractivity contribution is 5.77. The second-order valence-corrected chi connectivity index (χ2v) is 4.97. The van der Waals surface area contributed by atoms with Crippen molar-refractivity contribution >= 4 is 16.8 Å². The number of nitrogens with one attached hydrogen (secondary N) is 1. The third-order valence-corrected chi connectivity index (χ3v) is 3.56. The van der Waals surface area contributed by atoms with Crippen molar-refractivity contribution in [1.82, 2.24) is 4.98 Å². The van der Waals surface area contributed by atoms with Gasteiger partial charge in [0.25, 0.3) is 0 Å². The predicted octanol–water partition coefficient (Wildman–Crippen LogP) is 2.97. The molecule has 0 amide bonds. The third kappa shape index (κ3) is 2.20. The zero-order valence-corrected chi connectivity index (χ0v) is 10.8. The van der Waals surface area contributed by atoms with Gasteiger partial charge >= 0.3 is 0 Å². The number of aryl methyl sites for hydroxylation is 1. The fourth-order valence-corrected chi connectivity index (χ4v) is 2.46. The van der Waals surface area contributed by atoms with Crippen LogP contribution < -0.4 is 5.32 Å². The van der Waals surface area contributed by atoms with Gasteiger partial charge in [0.05, 0.1) is 6.61 Å². The third-order valence-electron chi connectivity index (χ3n) is 3.56. The zero-order chi connectivity index (χ0) is 12.5. The Balaban J connectivity index is 1.77. The Bertz CT molecular complexity index is 544. The molecule has 4 nitrogen and oxygen atoms in total. The first kappa shape index (κ1) is 11.5. The summed E-state index contributed by atoms with van der Waals surface area (Å²) in [6.45, 7) is 5.82. The summed E-state index contributed by atoms with van der Waals surface area (Å²) < 4.78 is 10.9. The van der Waals surface area contributed by atoms with Crippen molar-refractivity contribution in [3.63, 3.8) is 0 Å². The van der Waals surface area contributed by atoms with Gasteiger partial charge in [0.1, 0.15) is 5.52 Å². The van der Waals surface area contributed by atoms with E-state index in [4.69, 9.17) is 9.15 Å². The van der Waals surface area contributed by atoms with E-state index < -0.39 is 0 Å². The molecule has 1 N–H and O–H groups in total. The maximum atomic E-state index is 5.47. The van der Waals surface area contributed by atoms with Crippen LogP contribution in [-0.4, -0.2) is 24.2 Å². The van der Waals surface area contributed by atoms with Crippen molar-refractivity contribution < 1.29 is 9.15 Å². The standard InChI is InChI=1S/C14H18N2O2/c1-9(11-5-6-17-8-11)15-12-3-4-14-13(7-12)16-10(2)18-14/h3-4,7,9,11,15H,5-6,8H2,1-2H3.